The Morgan fingerprint density at radius 3 is 1.85 bits per heavy atom. The Balaban J connectivity index is 1.08. The molecule has 4 aromatic carbocycles. The number of nitrogens with zero attached hydrogens (tertiary/aromatic N) is 5. The predicted molar refractivity (Wildman–Crippen MR) is 191 cm³/mol. The van der Waals surface area contributed by atoms with Crippen LogP contribution in [0.2, 0.25) is 0 Å². The SMILES string of the molecule is c1ccc(-c2cn3ccc4c(-c5ccc(-c6ccc(-c7cccc(-c8ccccn8)n7)cc6)cc5)nc5ccccc5c4c3n2)cc1. The minimum absolute atomic E-state index is 0.864. The third kappa shape index (κ3) is 4.82. The lowest BCUT2D eigenvalue weighted by atomic mass is 9.98. The molecule has 5 aromatic heterocycles. The fourth-order valence-corrected chi connectivity index (χ4v) is 6.35. The van der Waals surface area contributed by atoms with E-state index in [1.165, 1.54) is 0 Å². The Labute approximate surface area is 271 Å². The smallest absolute Gasteiger partial charge is 0.146 e. The summed E-state index contributed by atoms with van der Waals surface area (Å²) in [6.07, 6.45) is 5.99. The highest BCUT2D eigenvalue weighted by Crippen LogP contribution is 2.36. The first-order valence-electron chi connectivity index (χ1n) is 15.6. The van der Waals surface area contributed by atoms with E-state index in [9.17, 15) is 0 Å². The molecule has 0 aliphatic carbocycles. The molecule has 220 valence electrons. The molecule has 0 aliphatic rings. The highest BCUT2D eigenvalue weighted by molar-refractivity contribution is 6.16. The summed E-state index contributed by atoms with van der Waals surface area (Å²) in [6, 6.07) is 50.0. The monoisotopic (exact) mass is 601 g/mol. The number of aromatic nitrogens is 5. The minimum Gasteiger partial charge on any atom is -0.306 e. The van der Waals surface area contributed by atoms with Gasteiger partial charge in [0.05, 0.1) is 34.0 Å². The van der Waals surface area contributed by atoms with Crippen LogP contribution in [-0.4, -0.2) is 24.3 Å². The molecule has 9 rings (SSSR count). The van der Waals surface area contributed by atoms with Crippen LogP contribution in [0.5, 0.6) is 0 Å². The maximum Gasteiger partial charge on any atom is 0.146 e. The Hall–Kier alpha value is -6.46. The number of imidazole rings is 1. The molecule has 0 unspecified atom stereocenters. The molecule has 0 saturated heterocycles. The van der Waals surface area contributed by atoms with E-state index in [0.717, 1.165) is 83.6 Å². The van der Waals surface area contributed by atoms with E-state index in [1.54, 1.807) is 6.20 Å². The Morgan fingerprint density at radius 2 is 1.06 bits per heavy atom. The maximum absolute atomic E-state index is 5.17. The Kier molecular flexibility index (Phi) is 6.39. The zero-order valence-corrected chi connectivity index (χ0v) is 25.3. The van der Waals surface area contributed by atoms with E-state index < -0.39 is 0 Å². The average molecular weight is 602 g/mol. The van der Waals surface area contributed by atoms with Gasteiger partial charge in [0.25, 0.3) is 0 Å². The van der Waals surface area contributed by atoms with Gasteiger partial charge in [-0.15, -0.1) is 0 Å². The van der Waals surface area contributed by atoms with Crippen LogP contribution >= 0.6 is 0 Å². The molecule has 0 N–H and O–H groups in total. The summed E-state index contributed by atoms with van der Waals surface area (Å²) in [5, 5.41) is 3.29. The van der Waals surface area contributed by atoms with Gasteiger partial charge in [-0.3, -0.25) is 4.98 Å². The molecule has 0 bridgehead atoms. The molecule has 0 spiro atoms. The van der Waals surface area contributed by atoms with Gasteiger partial charge in [-0.05, 0) is 47.5 Å². The predicted octanol–water partition coefficient (Wildman–Crippen LogP) is 10.2. The van der Waals surface area contributed by atoms with Gasteiger partial charge in [0.2, 0.25) is 0 Å². The molecule has 0 saturated carbocycles. The summed E-state index contributed by atoms with van der Waals surface area (Å²) in [5.41, 5.74) is 12.0. The first-order valence-corrected chi connectivity index (χ1v) is 15.6. The summed E-state index contributed by atoms with van der Waals surface area (Å²) in [4.78, 5) is 19.6. The molecule has 0 amide bonds. The third-order valence-corrected chi connectivity index (χ3v) is 8.71. The van der Waals surface area contributed by atoms with E-state index >= 15 is 0 Å². The van der Waals surface area contributed by atoms with Crippen LogP contribution in [0, 0.1) is 0 Å². The van der Waals surface area contributed by atoms with Crippen molar-refractivity contribution >= 4 is 27.3 Å². The summed E-state index contributed by atoms with van der Waals surface area (Å²) < 4.78 is 2.12. The normalized spacial score (nSPS) is 11.4. The van der Waals surface area contributed by atoms with Crippen molar-refractivity contribution in [1.29, 1.82) is 0 Å². The van der Waals surface area contributed by atoms with Crippen LogP contribution in [0.25, 0.3) is 83.6 Å². The summed E-state index contributed by atoms with van der Waals surface area (Å²) in [5.74, 6) is 0. The molecule has 5 nitrogen and oxygen atoms in total. The van der Waals surface area contributed by atoms with Crippen molar-refractivity contribution in [1.82, 2.24) is 24.3 Å². The zero-order chi connectivity index (χ0) is 31.2. The highest BCUT2D eigenvalue weighted by atomic mass is 15.0. The molecule has 5 heteroatoms. The average Bonchev–Trinajstić information content (AvgIpc) is 3.60. The summed E-state index contributed by atoms with van der Waals surface area (Å²) >= 11 is 0. The second kappa shape index (κ2) is 11.2. The van der Waals surface area contributed by atoms with Gasteiger partial charge in [0.1, 0.15) is 5.65 Å². The van der Waals surface area contributed by atoms with Crippen LogP contribution in [0.1, 0.15) is 0 Å². The van der Waals surface area contributed by atoms with Gasteiger partial charge in [0.15, 0.2) is 0 Å². The van der Waals surface area contributed by atoms with Crippen LogP contribution in [0.3, 0.4) is 0 Å². The van der Waals surface area contributed by atoms with E-state index in [-0.39, 0.29) is 0 Å². The molecule has 47 heavy (non-hydrogen) atoms. The fourth-order valence-electron chi connectivity index (χ4n) is 6.35. The second-order valence-electron chi connectivity index (χ2n) is 11.6. The van der Waals surface area contributed by atoms with E-state index in [4.69, 9.17) is 15.0 Å². The first-order chi connectivity index (χ1) is 23.3. The van der Waals surface area contributed by atoms with Crippen LogP contribution in [-0.2, 0) is 0 Å². The Bertz CT molecular complexity index is 2540. The van der Waals surface area contributed by atoms with E-state index in [0.29, 0.717) is 0 Å². The van der Waals surface area contributed by atoms with Crippen molar-refractivity contribution in [2.75, 3.05) is 0 Å². The fraction of sp³-hybridized carbons (Fsp3) is 0. The Morgan fingerprint density at radius 1 is 0.404 bits per heavy atom. The number of para-hydroxylation sites is 1. The molecular weight excluding hydrogens is 574 g/mol. The van der Waals surface area contributed by atoms with E-state index in [2.05, 4.69) is 107 Å². The number of fused-ring (bicyclic) bond motifs is 5. The van der Waals surface area contributed by atoms with Crippen molar-refractivity contribution in [3.8, 4) is 56.3 Å². The highest BCUT2D eigenvalue weighted by Gasteiger charge is 2.16. The lowest BCUT2D eigenvalue weighted by molar-refractivity contribution is 1.20. The number of rotatable bonds is 5. The van der Waals surface area contributed by atoms with Crippen LogP contribution in [0.15, 0.2) is 164 Å². The van der Waals surface area contributed by atoms with Gasteiger partial charge < -0.3 is 4.40 Å². The number of pyridine rings is 4. The quantitative estimate of drug-likeness (QED) is 0.184. The summed E-state index contributed by atoms with van der Waals surface area (Å²) in [6.45, 7) is 0. The van der Waals surface area contributed by atoms with Gasteiger partial charge in [-0.25, -0.2) is 15.0 Å². The largest absolute Gasteiger partial charge is 0.306 e. The van der Waals surface area contributed by atoms with Gasteiger partial charge >= 0.3 is 0 Å². The van der Waals surface area contributed by atoms with Crippen molar-refractivity contribution in [3.63, 3.8) is 0 Å². The molecule has 9 aromatic rings. The van der Waals surface area contributed by atoms with Crippen molar-refractivity contribution in [3.05, 3.63) is 164 Å². The standard InChI is InChI=1S/C42H27N5/c1-2-9-30(10-3-1)39-27-47-26-24-34-40(42(47)46-39)33-11-4-5-12-36(33)45-41(34)32-22-18-29(19-23-32)28-16-20-31(21-17-28)35-14-8-15-38(44-35)37-13-6-7-25-43-37/h1-27H. The topological polar surface area (TPSA) is 56.0 Å². The number of benzene rings is 4. The third-order valence-electron chi connectivity index (χ3n) is 8.71. The minimum atomic E-state index is 0.864. The van der Waals surface area contributed by atoms with Gasteiger partial charge in [-0.1, -0.05) is 109 Å². The van der Waals surface area contributed by atoms with Crippen molar-refractivity contribution in [2.45, 2.75) is 0 Å². The lowest BCUT2D eigenvalue weighted by Gasteiger charge is -2.12. The van der Waals surface area contributed by atoms with Crippen molar-refractivity contribution < 1.29 is 0 Å². The molecule has 0 fully saturated rings. The first kappa shape index (κ1) is 26.9. The number of hydrogen-bond donors (Lipinski definition) is 0. The second-order valence-corrected chi connectivity index (χ2v) is 11.6. The molecule has 5 heterocycles. The summed E-state index contributed by atoms with van der Waals surface area (Å²) in [7, 11) is 0. The van der Waals surface area contributed by atoms with Gasteiger partial charge in [0, 0.05) is 51.4 Å². The molecule has 0 atom stereocenters. The van der Waals surface area contributed by atoms with Crippen LogP contribution < -0.4 is 0 Å². The number of hydrogen-bond acceptors (Lipinski definition) is 4. The van der Waals surface area contributed by atoms with E-state index in [1.807, 2.05) is 60.7 Å². The van der Waals surface area contributed by atoms with Crippen molar-refractivity contribution in [2.24, 2.45) is 0 Å². The van der Waals surface area contributed by atoms with Gasteiger partial charge in [-0.2, -0.15) is 0 Å². The maximum atomic E-state index is 5.17. The molecule has 0 aliphatic heterocycles. The lowest BCUT2D eigenvalue weighted by Crippen LogP contribution is -1.93. The zero-order valence-electron chi connectivity index (χ0n) is 25.3. The van der Waals surface area contributed by atoms with Crippen LogP contribution in [0.4, 0.5) is 0 Å². The molecular formula is C42H27N5. The molecule has 0 radical (unpaired) electrons.